The molecule has 0 radical (unpaired) electrons. The van der Waals surface area contributed by atoms with Gasteiger partial charge < -0.3 is 42.1 Å². The number of phenols is 1. The van der Waals surface area contributed by atoms with Crippen molar-refractivity contribution in [2.45, 2.75) is 24.5 Å². The number of nitrogens with two attached hydrogens (primary N) is 2. The Morgan fingerprint density at radius 3 is 2.08 bits per heavy atom. The van der Waals surface area contributed by atoms with E-state index in [0.717, 1.165) is 0 Å². The van der Waals surface area contributed by atoms with E-state index in [9.17, 15) is 39.6 Å². The summed E-state index contributed by atoms with van der Waals surface area (Å²) in [7, 11) is 1.91. The monoisotopic (exact) mass is 689 g/mol. The minimum absolute atomic E-state index is 0.0327. The molecule has 18 heteroatoms. The number of rotatable bonds is 5. The summed E-state index contributed by atoms with van der Waals surface area (Å²) in [6, 6.07) is 6.53. The van der Waals surface area contributed by atoms with Crippen molar-refractivity contribution in [3.63, 3.8) is 0 Å². The number of allylic oxidation sites excluding steroid dienone is 1. The number of aromatic hydroxyl groups is 1. The van der Waals surface area contributed by atoms with Crippen LogP contribution < -0.4 is 21.7 Å². The lowest BCUT2D eigenvalue weighted by molar-refractivity contribution is -0.148. The first-order valence-electron chi connectivity index (χ1n) is 14.2. The number of nitrogens with zero attached hydrogens (tertiary/aromatic N) is 2. The van der Waals surface area contributed by atoms with Gasteiger partial charge in [0, 0.05) is 42.5 Å². The number of aliphatic hydroxyl groups is 3. The number of primary amides is 1. The molecule has 0 aliphatic heterocycles. The summed E-state index contributed by atoms with van der Waals surface area (Å²) < 4.78 is 31.6. The van der Waals surface area contributed by atoms with E-state index in [2.05, 4.69) is 5.32 Å². The number of phenolic OH excluding ortho intramolecular Hbond substituents is 1. The van der Waals surface area contributed by atoms with Gasteiger partial charge in [0.2, 0.25) is 5.78 Å². The number of nitrogens with one attached hydrogen (secondary N) is 1. The van der Waals surface area contributed by atoms with E-state index in [1.807, 2.05) is 0 Å². The number of Topliss-reactive ketones (excluding diaryl/α,β-unsaturated/α-hetero) is 2. The number of hydrogen-bond acceptors (Lipinski definition) is 13. The third kappa shape index (κ3) is 6.18. The minimum atomic E-state index is -4.67. The third-order valence-corrected chi connectivity index (χ3v) is 8.60. The summed E-state index contributed by atoms with van der Waals surface area (Å²) in [5.74, 6) is -8.05. The second-order valence-corrected chi connectivity index (χ2v) is 12.9. The lowest BCUT2D eigenvalue weighted by Gasteiger charge is -2.50. The standard InChI is InChI=1S/C30H33N5O8.H2O4S/c1-34(2)18-11-17(33-29(42)12-5-7-14(31)8-6-12)23(36)20-15(18)9-13-10-16-22(35(3)4)25(38)21(28(32)41)27(40)30(16,43)26(39)19(13)24(20)37;1-5(2,3)4/h5-8,11,13,16,22,36,38-39,43H,9-10,31H2,1-4H3,(H2,32,41)(H,33,42);(H2,1,2,3,4)/t13?,16?,22-,30-;/m0./s1. The van der Waals surface area contributed by atoms with Gasteiger partial charge in [-0.2, -0.15) is 8.42 Å². The Labute approximate surface area is 274 Å². The lowest BCUT2D eigenvalue weighted by atomic mass is 9.58. The first kappa shape index (κ1) is 35.8. The van der Waals surface area contributed by atoms with E-state index in [4.69, 9.17) is 29.0 Å². The second kappa shape index (κ2) is 12.5. The Kier molecular flexibility index (Phi) is 9.37. The molecule has 0 fully saturated rings. The molecule has 0 heterocycles. The molecular formula is C30H35N5O12S. The molecular weight excluding hydrogens is 654 g/mol. The average Bonchev–Trinajstić information content (AvgIpc) is 2.95. The van der Waals surface area contributed by atoms with Gasteiger partial charge in [0.1, 0.15) is 17.1 Å². The molecule has 3 aliphatic rings. The molecule has 5 rings (SSSR count). The number of benzene rings is 2. The highest BCUT2D eigenvalue weighted by Gasteiger charge is 2.63. The van der Waals surface area contributed by atoms with Crippen molar-refractivity contribution in [3.05, 3.63) is 69.7 Å². The van der Waals surface area contributed by atoms with E-state index in [-0.39, 0.29) is 35.2 Å². The molecule has 0 aromatic heterocycles. The van der Waals surface area contributed by atoms with Gasteiger partial charge in [-0.25, -0.2) is 0 Å². The summed E-state index contributed by atoms with van der Waals surface area (Å²) in [5, 5.41) is 48.1. The maximum Gasteiger partial charge on any atom is 0.394 e. The molecule has 2 amide bonds. The molecule has 11 N–H and O–H groups in total. The quantitative estimate of drug-likeness (QED) is 0.0887. The van der Waals surface area contributed by atoms with Crippen LogP contribution in [0.1, 0.15) is 32.7 Å². The van der Waals surface area contributed by atoms with Gasteiger partial charge in [-0.15, -0.1) is 0 Å². The fraction of sp³-hybridized carbons (Fsp3) is 0.333. The Bertz CT molecular complexity index is 1890. The number of carbonyl (C=O) groups excluding carboxylic acids is 4. The molecule has 4 atom stereocenters. The molecule has 0 saturated heterocycles. The summed E-state index contributed by atoms with van der Waals surface area (Å²) in [6.07, 6.45) is 0.0802. The van der Waals surface area contributed by atoms with Crippen LogP contribution in [0.5, 0.6) is 5.75 Å². The van der Waals surface area contributed by atoms with E-state index in [0.29, 0.717) is 16.9 Å². The third-order valence-electron chi connectivity index (χ3n) is 8.60. The van der Waals surface area contributed by atoms with Crippen LogP contribution in [0.4, 0.5) is 17.1 Å². The van der Waals surface area contributed by atoms with Gasteiger partial charge in [0.05, 0.1) is 17.3 Å². The molecule has 0 spiro atoms. The van der Waals surface area contributed by atoms with Crippen LogP contribution in [-0.2, 0) is 26.4 Å². The largest absolute Gasteiger partial charge is 0.510 e. The fourth-order valence-corrected chi connectivity index (χ4v) is 6.62. The van der Waals surface area contributed by atoms with Crippen LogP contribution in [0.15, 0.2) is 53.0 Å². The summed E-state index contributed by atoms with van der Waals surface area (Å²) in [5.41, 5.74) is 8.54. The van der Waals surface area contributed by atoms with Crippen LogP contribution >= 0.6 is 0 Å². The normalized spacial score (nSPS) is 23.5. The van der Waals surface area contributed by atoms with Gasteiger partial charge >= 0.3 is 10.4 Å². The Hall–Kier alpha value is -5.01. The van der Waals surface area contributed by atoms with E-state index in [1.54, 1.807) is 45.2 Å². The number of fused-ring (bicyclic) bond motifs is 3. The number of hydrogen-bond donors (Lipinski definition) is 9. The number of amides is 2. The van der Waals surface area contributed by atoms with Crippen molar-refractivity contribution in [2.75, 3.05) is 44.1 Å². The SMILES string of the molecule is CN(C)c1cc(NC(=O)c2ccc(N)cc2)c(O)c2c1CC1CC3[C@H](N(C)C)C(O)=C(C(N)=O)C(=O)[C@@]3(O)C(O)=C1C2=O.O=S(=O)(O)O. The van der Waals surface area contributed by atoms with E-state index >= 15 is 0 Å². The molecule has 0 bridgehead atoms. The summed E-state index contributed by atoms with van der Waals surface area (Å²) in [6.45, 7) is 0. The number of ketones is 2. The number of nitrogen functional groups attached to an aromatic ring is 1. The van der Waals surface area contributed by atoms with Crippen LogP contribution in [0.25, 0.3) is 0 Å². The van der Waals surface area contributed by atoms with Gasteiger partial charge in [0.25, 0.3) is 11.8 Å². The van der Waals surface area contributed by atoms with Crippen molar-refractivity contribution in [3.8, 4) is 5.75 Å². The van der Waals surface area contributed by atoms with Gasteiger partial charge in [-0.3, -0.25) is 33.2 Å². The number of aliphatic hydroxyl groups excluding tert-OH is 2. The zero-order valence-electron chi connectivity index (χ0n) is 26.1. The van der Waals surface area contributed by atoms with Crippen molar-refractivity contribution in [2.24, 2.45) is 17.6 Å². The van der Waals surface area contributed by atoms with Crippen molar-refractivity contribution >= 4 is 50.8 Å². The molecule has 17 nitrogen and oxygen atoms in total. The smallest absolute Gasteiger partial charge is 0.394 e. The highest BCUT2D eigenvalue weighted by atomic mass is 32.3. The van der Waals surface area contributed by atoms with E-state index in [1.165, 1.54) is 23.1 Å². The topological polar surface area (TPSA) is 294 Å². The Balaban J connectivity index is 0.000000968. The molecule has 2 unspecified atom stereocenters. The molecule has 258 valence electrons. The molecule has 0 saturated carbocycles. The van der Waals surface area contributed by atoms with E-state index < -0.39 is 80.1 Å². The molecule has 3 aliphatic carbocycles. The van der Waals surface area contributed by atoms with Crippen LogP contribution in [0, 0.1) is 11.8 Å². The minimum Gasteiger partial charge on any atom is -0.510 e. The predicted molar refractivity (Wildman–Crippen MR) is 171 cm³/mol. The number of carbonyl (C=O) groups is 4. The first-order valence-corrected chi connectivity index (χ1v) is 15.6. The molecule has 48 heavy (non-hydrogen) atoms. The van der Waals surface area contributed by atoms with Gasteiger partial charge in [-0.05, 0) is 68.8 Å². The Morgan fingerprint density at radius 2 is 1.58 bits per heavy atom. The van der Waals surface area contributed by atoms with Crippen molar-refractivity contribution in [1.29, 1.82) is 0 Å². The summed E-state index contributed by atoms with van der Waals surface area (Å²) >= 11 is 0. The Morgan fingerprint density at radius 1 is 1.02 bits per heavy atom. The predicted octanol–water partition coefficient (Wildman–Crippen LogP) is 0.368. The van der Waals surface area contributed by atoms with Crippen LogP contribution in [0.2, 0.25) is 0 Å². The number of anilines is 3. The van der Waals surface area contributed by atoms with Gasteiger partial charge in [0.15, 0.2) is 17.1 Å². The first-order chi connectivity index (χ1) is 22.1. The second-order valence-electron chi connectivity index (χ2n) is 12.0. The fourth-order valence-electron chi connectivity index (χ4n) is 6.62. The van der Waals surface area contributed by atoms with Gasteiger partial charge in [-0.1, -0.05) is 0 Å². The zero-order valence-corrected chi connectivity index (χ0v) is 26.9. The van der Waals surface area contributed by atoms with Crippen LogP contribution in [-0.4, -0.2) is 106 Å². The molecule has 2 aromatic rings. The van der Waals surface area contributed by atoms with Crippen LogP contribution in [0.3, 0.4) is 0 Å². The number of likely N-dealkylation sites (N-methyl/N-ethyl adjacent to an activating group) is 1. The highest BCUT2D eigenvalue weighted by Crippen LogP contribution is 2.54. The average molecular weight is 690 g/mol. The maximum atomic E-state index is 14.1. The zero-order chi connectivity index (χ0) is 36.2. The summed E-state index contributed by atoms with van der Waals surface area (Å²) in [4.78, 5) is 55.9. The van der Waals surface area contributed by atoms with Crippen molar-refractivity contribution < 1.29 is 57.1 Å². The lowest BCUT2D eigenvalue weighted by Crippen LogP contribution is -2.63. The highest BCUT2D eigenvalue weighted by molar-refractivity contribution is 7.79. The van der Waals surface area contributed by atoms with Crippen molar-refractivity contribution in [1.82, 2.24) is 4.90 Å². The molecule has 2 aromatic carbocycles. The maximum absolute atomic E-state index is 14.1.